The number of hydrogen-bond acceptors (Lipinski definition) is 4. The molecule has 1 aromatic heterocycles. The largest absolute Gasteiger partial charge is 0.332 e. The number of carbonyl (C=O) groups is 1. The minimum absolute atomic E-state index is 0.0510. The van der Waals surface area contributed by atoms with Crippen LogP contribution in [-0.4, -0.2) is 38.1 Å². The van der Waals surface area contributed by atoms with Crippen molar-refractivity contribution in [1.29, 1.82) is 0 Å². The maximum absolute atomic E-state index is 12.1. The van der Waals surface area contributed by atoms with Crippen LogP contribution in [0.2, 0.25) is 0 Å². The molecule has 0 fully saturated rings. The molecule has 2 aromatic carbocycles. The van der Waals surface area contributed by atoms with E-state index in [1.807, 2.05) is 62.4 Å². The molecule has 3 aromatic rings. The molecular formula is C19H21N5O. The van der Waals surface area contributed by atoms with Gasteiger partial charge in [-0.25, -0.2) is 0 Å². The molecule has 6 nitrogen and oxygen atoms in total. The number of carbonyl (C=O) groups excluding carboxylic acids is 1. The van der Waals surface area contributed by atoms with Gasteiger partial charge in [0.15, 0.2) is 5.82 Å². The van der Waals surface area contributed by atoms with Gasteiger partial charge in [0, 0.05) is 14.0 Å². The molecule has 0 radical (unpaired) electrons. The van der Waals surface area contributed by atoms with E-state index in [1.165, 1.54) is 0 Å². The van der Waals surface area contributed by atoms with Gasteiger partial charge in [0.25, 0.3) is 0 Å². The van der Waals surface area contributed by atoms with E-state index in [1.54, 1.807) is 23.6 Å². The molecule has 0 N–H and O–H groups in total. The van der Waals surface area contributed by atoms with E-state index in [-0.39, 0.29) is 11.9 Å². The summed E-state index contributed by atoms with van der Waals surface area (Å²) in [5.74, 6) is 0.561. The fourth-order valence-corrected chi connectivity index (χ4v) is 3.03. The number of para-hydroxylation sites is 1. The molecule has 6 heteroatoms. The number of benzene rings is 2. The number of rotatable bonds is 4. The molecule has 1 atom stereocenters. The van der Waals surface area contributed by atoms with Gasteiger partial charge in [-0.3, -0.25) is 4.79 Å². The topological polar surface area (TPSA) is 63.9 Å². The van der Waals surface area contributed by atoms with Crippen molar-refractivity contribution >= 4 is 5.91 Å². The number of hydrogen-bond donors (Lipinski definition) is 0. The third kappa shape index (κ3) is 3.15. The highest BCUT2D eigenvalue weighted by Gasteiger charge is 2.28. The molecule has 0 spiro atoms. The molecule has 0 saturated carbocycles. The number of aromatic nitrogens is 4. The molecular weight excluding hydrogens is 314 g/mol. The zero-order valence-corrected chi connectivity index (χ0v) is 14.8. The average Bonchev–Trinajstić information content (AvgIpc) is 3.05. The highest BCUT2D eigenvalue weighted by molar-refractivity contribution is 5.74. The summed E-state index contributed by atoms with van der Waals surface area (Å²) >= 11 is 0. The lowest BCUT2D eigenvalue weighted by Gasteiger charge is -2.27. The van der Waals surface area contributed by atoms with Crippen LogP contribution in [0, 0.1) is 13.8 Å². The summed E-state index contributed by atoms with van der Waals surface area (Å²) < 4.78 is 1.74. The Kier molecular flexibility index (Phi) is 4.61. The lowest BCUT2D eigenvalue weighted by Crippen LogP contribution is -2.32. The van der Waals surface area contributed by atoms with Crippen molar-refractivity contribution in [2.45, 2.75) is 26.8 Å². The van der Waals surface area contributed by atoms with E-state index in [2.05, 4.69) is 15.5 Å². The number of tetrazole rings is 1. The first kappa shape index (κ1) is 16.8. The third-order valence-electron chi connectivity index (χ3n) is 4.39. The van der Waals surface area contributed by atoms with Crippen LogP contribution >= 0.6 is 0 Å². The van der Waals surface area contributed by atoms with E-state index in [4.69, 9.17) is 0 Å². The van der Waals surface area contributed by atoms with Crippen LogP contribution in [0.5, 0.6) is 0 Å². The molecule has 0 saturated heterocycles. The van der Waals surface area contributed by atoms with Crippen LogP contribution in [0.1, 0.15) is 35.5 Å². The Labute approximate surface area is 147 Å². The smallest absolute Gasteiger partial charge is 0.220 e. The van der Waals surface area contributed by atoms with Crippen LogP contribution in [-0.2, 0) is 4.79 Å². The quantitative estimate of drug-likeness (QED) is 0.735. The predicted molar refractivity (Wildman–Crippen MR) is 95.4 cm³/mol. The molecule has 1 heterocycles. The maximum Gasteiger partial charge on any atom is 0.220 e. The Bertz CT molecular complexity index is 868. The standard InChI is InChI=1S/C19H21N5O/c1-13-9-8-10-14(2)17(13)24-19(20-21-22-24)18(23(4)15(3)25)16-11-6-5-7-12-16/h5-12,18H,1-4H3/t18-/m1/s1. The van der Waals surface area contributed by atoms with Crippen LogP contribution in [0.4, 0.5) is 0 Å². The molecule has 0 aliphatic rings. The summed E-state index contributed by atoms with van der Waals surface area (Å²) in [6.07, 6.45) is 0. The van der Waals surface area contributed by atoms with Gasteiger partial charge in [-0.1, -0.05) is 48.5 Å². The molecule has 1 amide bonds. The molecule has 0 bridgehead atoms. The summed E-state index contributed by atoms with van der Waals surface area (Å²) in [6.45, 7) is 5.60. The van der Waals surface area contributed by atoms with Crippen molar-refractivity contribution in [2.75, 3.05) is 7.05 Å². The van der Waals surface area contributed by atoms with Gasteiger partial charge in [0.05, 0.1) is 5.69 Å². The lowest BCUT2D eigenvalue weighted by molar-refractivity contribution is -0.129. The normalized spacial score (nSPS) is 12.0. The fraction of sp³-hybridized carbons (Fsp3) is 0.263. The summed E-state index contributed by atoms with van der Waals surface area (Å²) in [7, 11) is 1.77. The second-order valence-electron chi connectivity index (χ2n) is 6.13. The van der Waals surface area contributed by atoms with Crippen molar-refractivity contribution in [1.82, 2.24) is 25.1 Å². The highest BCUT2D eigenvalue weighted by Crippen LogP contribution is 2.29. The van der Waals surface area contributed by atoms with Crippen LogP contribution in [0.3, 0.4) is 0 Å². The van der Waals surface area contributed by atoms with Crippen molar-refractivity contribution in [2.24, 2.45) is 0 Å². The van der Waals surface area contributed by atoms with E-state index in [0.717, 1.165) is 22.4 Å². The van der Waals surface area contributed by atoms with Crippen molar-refractivity contribution in [3.8, 4) is 5.69 Å². The van der Waals surface area contributed by atoms with E-state index in [9.17, 15) is 4.79 Å². The van der Waals surface area contributed by atoms with Gasteiger partial charge in [-0.05, 0) is 41.0 Å². The second kappa shape index (κ2) is 6.84. The zero-order chi connectivity index (χ0) is 18.0. The number of nitrogens with zero attached hydrogens (tertiary/aromatic N) is 5. The summed E-state index contributed by atoms with van der Waals surface area (Å²) in [6, 6.07) is 15.5. The molecule has 128 valence electrons. The van der Waals surface area contributed by atoms with Gasteiger partial charge in [-0.2, -0.15) is 4.68 Å². The van der Waals surface area contributed by atoms with Gasteiger partial charge < -0.3 is 4.90 Å². The molecule has 0 aliphatic carbocycles. The van der Waals surface area contributed by atoms with E-state index in [0.29, 0.717) is 5.82 Å². The third-order valence-corrected chi connectivity index (χ3v) is 4.39. The van der Waals surface area contributed by atoms with Crippen LogP contribution < -0.4 is 0 Å². The summed E-state index contributed by atoms with van der Waals surface area (Å²) in [5, 5.41) is 12.4. The summed E-state index contributed by atoms with van der Waals surface area (Å²) in [5.41, 5.74) is 4.06. The Morgan fingerprint density at radius 2 is 1.68 bits per heavy atom. The first-order chi connectivity index (χ1) is 12.0. The predicted octanol–water partition coefficient (Wildman–Crippen LogP) is 2.85. The first-order valence-corrected chi connectivity index (χ1v) is 8.14. The van der Waals surface area contributed by atoms with Crippen molar-refractivity contribution in [3.63, 3.8) is 0 Å². The summed E-state index contributed by atoms with van der Waals surface area (Å²) in [4.78, 5) is 13.7. The zero-order valence-electron chi connectivity index (χ0n) is 14.8. The van der Waals surface area contributed by atoms with Gasteiger partial charge >= 0.3 is 0 Å². The first-order valence-electron chi connectivity index (χ1n) is 8.14. The Hall–Kier alpha value is -3.02. The van der Waals surface area contributed by atoms with Gasteiger partial charge in [-0.15, -0.1) is 5.10 Å². The Balaban J connectivity index is 2.20. The number of aryl methyl sites for hydroxylation is 2. The van der Waals surface area contributed by atoms with Crippen LogP contribution in [0.25, 0.3) is 5.69 Å². The molecule has 0 aliphatic heterocycles. The fourth-order valence-electron chi connectivity index (χ4n) is 3.03. The molecule has 25 heavy (non-hydrogen) atoms. The highest BCUT2D eigenvalue weighted by atomic mass is 16.2. The minimum Gasteiger partial charge on any atom is -0.332 e. The SMILES string of the molecule is CC(=O)N(C)[C@H](c1ccccc1)c1nnnn1-c1c(C)cccc1C. The molecule has 0 unspecified atom stereocenters. The minimum atomic E-state index is -0.368. The van der Waals surface area contributed by atoms with Gasteiger partial charge in [0.1, 0.15) is 6.04 Å². The number of amides is 1. The maximum atomic E-state index is 12.1. The Morgan fingerprint density at radius 1 is 1.04 bits per heavy atom. The van der Waals surface area contributed by atoms with E-state index >= 15 is 0 Å². The Morgan fingerprint density at radius 3 is 2.28 bits per heavy atom. The van der Waals surface area contributed by atoms with Crippen LogP contribution in [0.15, 0.2) is 48.5 Å². The van der Waals surface area contributed by atoms with Gasteiger partial charge in [0.2, 0.25) is 5.91 Å². The van der Waals surface area contributed by atoms with Crippen molar-refractivity contribution < 1.29 is 4.79 Å². The molecule has 3 rings (SSSR count). The average molecular weight is 335 g/mol. The van der Waals surface area contributed by atoms with E-state index < -0.39 is 0 Å². The second-order valence-corrected chi connectivity index (χ2v) is 6.13. The van der Waals surface area contributed by atoms with Crippen molar-refractivity contribution in [3.05, 3.63) is 71.0 Å². The monoisotopic (exact) mass is 335 g/mol. The lowest BCUT2D eigenvalue weighted by atomic mass is 10.0.